The molecule has 0 bridgehead atoms. The number of nitrogens with one attached hydrogen (secondary N) is 1. The molecule has 7 nitrogen and oxygen atoms in total. The Morgan fingerprint density at radius 2 is 2.07 bits per heavy atom. The number of imidazole rings is 1. The van der Waals surface area contributed by atoms with Crippen molar-refractivity contribution in [3.05, 3.63) is 53.9 Å². The summed E-state index contributed by atoms with van der Waals surface area (Å²) in [5.41, 5.74) is 4.97. The highest BCUT2D eigenvalue weighted by atomic mass is 16.4. The Morgan fingerprint density at radius 3 is 2.93 bits per heavy atom. The lowest BCUT2D eigenvalue weighted by atomic mass is 9.93. The number of rotatable bonds is 4. The molecule has 2 aromatic carbocycles. The molecule has 1 saturated carbocycles. The number of nitriles is 1. The second kappa shape index (κ2) is 7.22. The van der Waals surface area contributed by atoms with E-state index in [1.807, 2.05) is 28.8 Å². The highest BCUT2D eigenvalue weighted by molar-refractivity contribution is 5.78. The molecule has 4 aromatic rings. The van der Waals surface area contributed by atoms with Crippen molar-refractivity contribution in [1.82, 2.24) is 14.5 Å². The van der Waals surface area contributed by atoms with Crippen LogP contribution in [0.2, 0.25) is 0 Å². The number of aliphatic hydroxyl groups is 1. The first-order valence-electron chi connectivity index (χ1n) is 9.89. The van der Waals surface area contributed by atoms with Crippen LogP contribution in [0.5, 0.6) is 0 Å². The maximum atomic E-state index is 10.2. The summed E-state index contributed by atoms with van der Waals surface area (Å²) in [5, 5.41) is 22.4. The molecule has 5 rings (SSSR count). The van der Waals surface area contributed by atoms with Gasteiger partial charge >= 0.3 is 0 Å². The predicted octanol–water partition coefficient (Wildman–Crippen LogP) is 3.81. The zero-order chi connectivity index (χ0) is 19.8. The quantitative estimate of drug-likeness (QED) is 0.552. The predicted molar refractivity (Wildman–Crippen MR) is 109 cm³/mol. The van der Waals surface area contributed by atoms with Gasteiger partial charge in [-0.2, -0.15) is 10.2 Å². The second-order valence-corrected chi connectivity index (χ2v) is 7.61. The van der Waals surface area contributed by atoms with E-state index >= 15 is 0 Å². The maximum absolute atomic E-state index is 10.2. The number of anilines is 1. The average Bonchev–Trinajstić information content (AvgIpc) is 3.32. The normalized spacial score (nSPS) is 19.4. The topological polar surface area (TPSA) is 99.9 Å². The highest BCUT2D eigenvalue weighted by Gasteiger charge is 2.24. The van der Waals surface area contributed by atoms with Crippen LogP contribution < -0.4 is 5.32 Å². The van der Waals surface area contributed by atoms with Gasteiger partial charge in [0.1, 0.15) is 5.52 Å². The summed E-state index contributed by atoms with van der Waals surface area (Å²) in [7, 11) is 0. The lowest BCUT2D eigenvalue weighted by Gasteiger charge is -2.27. The van der Waals surface area contributed by atoms with Gasteiger partial charge in [-0.05, 0) is 48.7 Å². The van der Waals surface area contributed by atoms with Crippen LogP contribution in [0.3, 0.4) is 0 Å². The lowest BCUT2D eigenvalue weighted by molar-refractivity contribution is 0.115. The molecule has 1 fully saturated rings. The van der Waals surface area contributed by atoms with E-state index in [2.05, 4.69) is 21.4 Å². The van der Waals surface area contributed by atoms with E-state index in [1.165, 1.54) is 0 Å². The zero-order valence-electron chi connectivity index (χ0n) is 15.9. The SMILES string of the molecule is N#Cc1ccc2c(c1)ncn2Cc1ccc2nc(NC3CCCCC3O)oc2c1. The van der Waals surface area contributed by atoms with E-state index in [0.29, 0.717) is 23.7 Å². The zero-order valence-corrected chi connectivity index (χ0v) is 15.9. The molecule has 0 amide bonds. The van der Waals surface area contributed by atoms with Gasteiger partial charge in [0.15, 0.2) is 5.58 Å². The standard InChI is InChI=1S/C22H21N5O2/c23-11-14-6-8-19-18(9-14)24-13-27(19)12-15-5-7-17-21(10-15)29-22(26-17)25-16-3-1-2-4-20(16)28/h5-10,13,16,20,28H,1-4,12H2,(H,25,26). The number of oxazole rings is 1. The van der Waals surface area contributed by atoms with Crippen molar-refractivity contribution in [3.63, 3.8) is 0 Å². The Hall–Kier alpha value is -3.37. The summed E-state index contributed by atoms with van der Waals surface area (Å²) in [5.74, 6) is 0. The van der Waals surface area contributed by atoms with Crippen LogP contribution in [-0.4, -0.2) is 31.8 Å². The summed E-state index contributed by atoms with van der Waals surface area (Å²) in [6.07, 6.45) is 5.34. The second-order valence-electron chi connectivity index (χ2n) is 7.61. The first-order valence-corrected chi connectivity index (χ1v) is 9.89. The molecule has 0 spiro atoms. The molecule has 29 heavy (non-hydrogen) atoms. The third-order valence-electron chi connectivity index (χ3n) is 5.59. The fraction of sp³-hybridized carbons (Fsp3) is 0.318. The number of aliphatic hydroxyl groups excluding tert-OH is 1. The lowest BCUT2D eigenvalue weighted by Crippen LogP contribution is -2.36. The first-order chi connectivity index (χ1) is 14.2. The molecule has 2 aromatic heterocycles. The van der Waals surface area contributed by atoms with E-state index in [4.69, 9.17) is 9.68 Å². The Labute approximate surface area is 167 Å². The molecule has 7 heteroatoms. The van der Waals surface area contributed by atoms with Gasteiger partial charge < -0.3 is 19.4 Å². The van der Waals surface area contributed by atoms with E-state index in [9.17, 15) is 5.11 Å². The molecule has 1 aliphatic rings. The fourth-order valence-electron chi connectivity index (χ4n) is 4.02. The summed E-state index contributed by atoms with van der Waals surface area (Å²) in [6, 6.07) is 14.1. The van der Waals surface area contributed by atoms with Crippen LogP contribution in [0.15, 0.2) is 47.1 Å². The van der Waals surface area contributed by atoms with E-state index < -0.39 is 0 Å². The van der Waals surface area contributed by atoms with Gasteiger partial charge in [-0.1, -0.05) is 18.9 Å². The molecular weight excluding hydrogens is 366 g/mol. The number of benzene rings is 2. The van der Waals surface area contributed by atoms with Crippen LogP contribution in [0.4, 0.5) is 6.01 Å². The number of fused-ring (bicyclic) bond motifs is 2. The Morgan fingerprint density at radius 1 is 1.17 bits per heavy atom. The van der Waals surface area contributed by atoms with Crippen molar-refractivity contribution in [2.24, 2.45) is 0 Å². The molecule has 2 heterocycles. The number of nitrogens with zero attached hydrogens (tertiary/aromatic N) is 4. The Kier molecular flexibility index (Phi) is 4.41. The van der Waals surface area contributed by atoms with Gasteiger partial charge in [-0.15, -0.1) is 0 Å². The van der Waals surface area contributed by atoms with Crippen molar-refractivity contribution in [3.8, 4) is 6.07 Å². The molecular formula is C22H21N5O2. The molecule has 2 unspecified atom stereocenters. The summed E-state index contributed by atoms with van der Waals surface area (Å²) >= 11 is 0. The fourth-order valence-corrected chi connectivity index (χ4v) is 4.02. The van der Waals surface area contributed by atoms with Crippen molar-refractivity contribution in [2.75, 3.05) is 5.32 Å². The van der Waals surface area contributed by atoms with Crippen LogP contribution in [0.1, 0.15) is 36.8 Å². The van der Waals surface area contributed by atoms with E-state index in [0.717, 1.165) is 47.8 Å². The van der Waals surface area contributed by atoms with Crippen molar-refractivity contribution in [2.45, 2.75) is 44.4 Å². The number of aromatic nitrogens is 3. The van der Waals surface area contributed by atoms with E-state index in [1.54, 1.807) is 18.5 Å². The monoisotopic (exact) mass is 387 g/mol. The van der Waals surface area contributed by atoms with Crippen LogP contribution >= 0.6 is 0 Å². The van der Waals surface area contributed by atoms with E-state index in [-0.39, 0.29) is 12.1 Å². The van der Waals surface area contributed by atoms with Gasteiger partial charge in [0, 0.05) is 6.54 Å². The Bertz CT molecular complexity index is 1220. The van der Waals surface area contributed by atoms with Crippen LogP contribution in [0.25, 0.3) is 22.1 Å². The molecule has 0 aliphatic heterocycles. The van der Waals surface area contributed by atoms with Gasteiger partial charge in [0.25, 0.3) is 6.01 Å². The van der Waals surface area contributed by atoms with Crippen LogP contribution in [-0.2, 0) is 6.54 Å². The Balaban J connectivity index is 1.38. The molecule has 2 atom stereocenters. The maximum Gasteiger partial charge on any atom is 0.295 e. The largest absolute Gasteiger partial charge is 0.424 e. The third kappa shape index (κ3) is 3.43. The van der Waals surface area contributed by atoms with Gasteiger partial charge in [-0.3, -0.25) is 0 Å². The van der Waals surface area contributed by atoms with Crippen LogP contribution in [0, 0.1) is 11.3 Å². The minimum atomic E-state index is -0.356. The molecule has 1 aliphatic carbocycles. The van der Waals surface area contributed by atoms with Crippen molar-refractivity contribution >= 4 is 28.1 Å². The summed E-state index contributed by atoms with van der Waals surface area (Å²) in [6.45, 7) is 0.642. The summed E-state index contributed by atoms with van der Waals surface area (Å²) < 4.78 is 7.95. The highest BCUT2D eigenvalue weighted by Crippen LogP contribution is 2.26. The van der Waals surface area contributed by atoms with Gasteiger partial charge in [0.2, 0.25) is 0 Å². The molecule has 2 N–H and O–H groups in total. The smallest absolute Gasteiger partial charge is 0.295 e. The molecule has 0 radical (unpaired) electrons. The number of hydrogen-bond donors (Lipinski definition) is 2. The summed E-state index contributed by atoms with van der Waals surface area (Å²) in [4.78, 5) is 8.91. The van der Waals surface area contributed by atoms with Crippen molar-refractivity contribution < 1.29 is 9.52 Å². The van der Waals surface area contributed by atoms with Gasteiger partial charge in [-0.25, -0.2) is 4.98 Å². The molecule has 0 saturated heterocycles. The van der Waals surface area contributed by atoms with Crippen molar-refractivity contribution in [1.29, 1.82) is 5.26 Å². The average molecular weight is 387 g/mol. The minimum Gasteiger partial charge on any atom is -0.424 e. The first kappa shape index (κ1) is 17.7. The number of hydrogen-bond acceptors (Lipinski definition) is 6. The van der Waals surface area contributed by atoms with Gasteiger partial charge in [0.05, 0.1) is 41.1 Å². The third-order valence-corrected chi connectivity index (χ3v) is 5.59. The minimum absolute atomic E-state index is 0.00750. The molecule has 146 valence electrons.